The van der Waals surface area contributed by atoms with E-state index >= 15 is 0 Å². The van der Waals surface area contributed by atoms with Gasteiger partial charge in [-0.2, -0.15) is 0 Å². The van der Waals surface area contributed by atoms with Gasteiger partial charge in [0.25, 0.3) is 5.91 Å². The van der Waals surface area contributed by atoms with Gasteiger partial charge in [-0.25, -0.2) is 0 Å². The Kier molecular flexibility index (Phi) is 4.85. The summed E-state index contributed by atoms with van der Waals surface area (Å²) in [6.45, 7) is 7.96. The highest BCUT2D eigenvalue weighted by atomic mass is 16.5. The van der Waals surface area contributed by atoms with Crippen molar-refractivity contribution in [2.75, 3.05) is 26.2 Å². The van der Waals surface area contributed by atoms with E-state index in [2.05, 4.69) is 4.98 Å². The molecule has 3 heterocycles. The summed E-state index contributed by atoms with van der Waals surface area (Å²) in [5, 5.41) is 0. The van der Waals surface area contributed by atoms with Crippen molar-refractivity contribution in [3.05, 3.63) is 29.6 Å². The maximum Gasteiger partial charge on any atom is 0.255 e. The third-order valence-corrected chi connectivity index (χ3v) is 4.98. The molecule has 0 radical (unpaired) electrons. The molecule has 24 heavy (non-hydrogen) atoms. The SMILES string of the molecule is Cc1ncccc1C(=O)N1CC[C@@H]2OCC(=O)N(C(C)C)C[C@H]2C1. The van der Waals surface area contributed by atoms with Crippen molar-refractivity contribution in [1.29, 1.82) is 0 Å². The number of carbonyl (C=O) groups is 2. The minimum absolute atomic E-state index is 0.0192. The highest BCUT2D eigenvalue weighted by Crippen LogP contribution is 2.26. The normalized spacial score (nSPS) is 24.8. The van der Waals surface area contributed by atoms with E-state index in [4.69, 9.17) is 4.74 Å². The number of rotatable bonds is 2. The van der Waals surface area contributed by atoms with E-state index in [0.717, 1.165) is 12.1 Å². The summed E-state index contributed by atoms with van der Waals surface area (Å²) in [5.41, 5.74) is 1.41. The molecule has 6 nitrogen and oxygen atoms in total. The maximum absolute atomic E-state index is 12.8. The Bertz CT molecular complexity index is 632. The van der Waals surface area contributed by atoms with Crippen LogP contribution in [-0.2, 0) is 9.53 Å². The molecule has 0 saturated carbocycles. The van der Waals surface area contributed by atoms with Gasteiger partial charge in [0.1, 0.15) is 6.61 Å². The first-order valence-corrected chi connectivity index (χ1v) is 8.59. The molecule has 2 atom stereocenters. The fraction of sp³-hybridized carbons (Fsp3) is 0.611. The molecule has 0 aliphatic carbocycles. The maximum atomic E-state index is 12.8. The molecular formula is C18H25N3O3. The first-order chi connectivity index (χ1) is 11.5. The van der Waals surface area contributed by atoms with Gasteiger partial charge < -0.3 is 14.5 Å². The lowest BCUT2D eigenvalue weighted by Crippen LogP contribution is -2.50. The van der Waals surface area contributed by atoms with Crippen molar-refractivity contribution in [2.45, 2.75) is 39.3 Å². The molecule has 130 valence electrons. The Morgan fingerprint density at radius 3 is 2.88 bits per heavy atom. The number of nitrogens with zero attached hydrogens (tertiary/aromatic N) is 3. The zero-order chi connectivity index (χ0) is 17.3. The van der Waals surface area contributed by atoms with E-state index < -0.39 is 0 Å². The summed E-state index contributed by atoms with van der Waals surface area (Å²) >= 11 is 0. The number of aromatic nitrogens is 1. The third kappa shape index (κ3) is 3.29. The summed E-state index contributed by atoms with van der Waals surface area (Å²) in [7, 11) is 0. The fourth-order valence-corrected chi connectivity index (χ4v) is 3.59. The Morgan fingerprint density at radius 1 is 1.38 bits per heavy atom. The van der Waals surface area contributed by atoms with Crippen LogP contribution in [0.1, 0.15) is 36.3 Å². The van der Waals surface area contributed by atoms with Crippen LogP contribution >= 0.6 is 0 Å². The van der Waals surface area contributed by atoms with Crippen LogP contribution in [0.25, 0.3) is 0 Å². The minimum Gasteiger partial charge on any atom is -0.368 e. The van der Waals surface area contributed by atoms with E-state index in [0.29, 0.717) is 25.2 Å². The molecule has 0 unspecified atom stereocenters. The molecular weight excluding hydrogens is 306 g/mol. The standard InChI is InChI=1S/C18H25N3O3/c1-12(2)21-10-14-9-20(8-6-16(14)24-11-17(21)22)18(23)15-5-4-7-19-13(15)3/h4-5,7,12,14,16H,6,8-11H2,1-3H3/t14-,16+/m1/s1. The summed E-state index contributed by atoms with van der Waals surface area (Å²) in [6, 6.07) is 3.76. The number of piperidine rings is 1. The molecule has 0 aromatic carbocycles. The van der Waals surface area contributed by atoms with Gasteiger partial charge in [0, 0.05) is 43.5 Å². The molecule has 2 saturated heterocycles. The molecule has 2 aliphatic rings. The smallest absolute Gasteiger partial charge is 0.255 e. The number of hydrogen-bond acceptors (Lipinski definition) is 4. The second kappa shape index (κ2) is 6.89. The van der Waals surface area contributed by atoms with Crippen molar-refractivity contribution < 1.29 is 14.3 Å². The zero-order valence-corrected chi connectivity index (χ0v) is 14.6. The lowest BCUT2D eigenvalue weighted by molar-refractivity contribution is -0.136. The van der Waals surface area contributed by atoms with Crippen molar-refractivity contribution in [1.82, 2.24) is 14.8 Å². The van der Waals surface area contributed by atoms with Crippen LogP contribution in [0.2, 0.25) is 0 Å². The number of pyridine rings is 1. The topological polar surface area (TPSA) is 62.7 Å². The summed E-state index contributed by atoms with van der Waals surface area (Å²) in [6.07, 6.45) is 2.52. The number of fused-ring (bicyclic) bond motifs is 1. The van der Waals surface area contributed by atoms with Crippen LogP contribution in [0, 0.1) is 12.8 Å². The van der Waals surface area contributed by atoms with Crippen LogP contribution in [-0.4, -0.2) is 65.0 Å². The summed E-state index contributed by atoms with van der Waals surface area (Å²) in [5.74, 6) is 0.222. The minimum atomic E-state index is 0.0192. The number of carbonyl (C=O) groups excluding carboxylic acids is 2. The molecule has 3 rings (SSSR count). The van der Waals surface area contributed by atoms with Crippen molar-refractivity contribution in [2.24, 2.45) is 5.92 Å². The number of amides is 2. The molecule has 2 fully saturated rings. The lowest BCUT2D eigenvalue weighted by Gasteiger charge is -2.38. The molecule has 0 bridgehead atoms. The third-order valence-electron chi connectivity index (χ3n) is 4.98. The number of hydrogen-bond donors (Lipinski definition) is 0. The van der Waals surface area contributed by atoms with Crippen LogP contribution in [0.3, 0.4) is 0 Å². The predicted octanol–water partition coefficient (Wildman–Crippen LogP) is 1.49. The molecule has 0 spiro atoms. The zero-order valence-electron chi connectivity index (χ0n) is 14.6. The van der Waals surface area contributed by atoms with Gasteiger partial charge in [-0.05, 0) is 39.3 Å². The fourth-order valence-electron chi connectivity index (χ4n) is 3.59. The monoisotopic (exact) mass is 331 g/mol. The van der Waals surface area contributed by atoms with E-state index in [1.807, 2.05) is 36.6 Å². The van der Waals surface area contributed by atoms with Gasteiger partial charge in [0.05, 0.1) is 11.7 Å². The first kappa shape index (κ1) is 16.9. The molecule has 1 aromatic rings. The van der Waals surface area contributed by atoms with E-state index in [1.54, 1.807) is 12.3 Å². The second-order valence-electron chi connectivity index (χ2n) is 6.93. The summed E-state index contributed by atoms with van der Waals surface area (Å²) in [4.78, 5) is 33.0. The van der Waals surface area contributed by atoms with Gasteiger partial charge in [0.15, 0.2) is 0 Å². The molecule has 2 amide bonds. The molecule has 6 heteroatoms. The average molecular weight is 331 g/mol. The molecule has 0 N–H and O–H groups in total. The van der Waals surface area contributed by atoms with E-state index in [-0.39, 0.29) is 36.5 Å². The summed E-state index contributed by atoms with van der Waals surface area (Å²) < 4.78 is 5.82. The first-order valence-electron chi connectivity index (χ1n) is 8.59. The van der Waals surface area contributed by atoms with Crippen molar-refractivity contribution in [3.63, 3.8) is 0 Å². The Morgan fingerprint density at radius 2 is 2.17 bits per heavy atom. The van der Waals surface area contributed by atoms with Crippen LogP contribution in [0.4, 0.5) is 0 Å². The molecule has 2 aliphatic heterocycles. The van der Waals surface area contributed by atoms with Crippen LogP contribution in [0.5, 0.6) is 0 Å². The number of aryl methyl sites for hydroxylation is 1. The van der Waals surface area contributed by atoms with Crippen LogP contribution in [0.15, 0.2) is 18.3 Å². The van der Waals surface area contributed by atoms with Gasteiger partial charge in [-0.1, -0.05) is 0 Å². The Balaban J connectivity index is 1.75. The largest absolute Gasteiger partial charge is 0.368 e. The number of ether oxygens (including phenoxy) is 1. The van der Waals surface area contributed by atoms with Gasteiger partial charge in [-0.15, -0.1) is 0 Å². The Hall–Kier alpha value is -1.95. The Labute approximate surface area is 142 Å². The van der Waals surface area contributed by atoms with Crippen LogP contribution < -0.4 is 0 Å². The highest BCUT2D eigenvalue weighted by Gasteiger charge is 2.38. The van der Waals surface area contributed by atoms with E-state index in [9.17, 15) is 9.59 Å². The van der Waals surface area contributed by atoms with Gasteiger partial charge >= 0.3 is 0 Å². The average Bonchev–Trinajstić information content (AvgIpc) is 2.73. The van der Waals surface area contributed by atoms with Gasteiger partial charge in [0.2, 0.25) is 5.91 Å². The lowest BCUT2D eigenvalue weighted by atomic mass is 9.93. The predicted molar refractivity (Wildman–Crippen MR) is 89.6 cm³/mol. The van der Waals surface area contributed by atoms with Crippen molar-refractivity contribution >= 4 is 11.8 Å². The van der Waals surface area contributed by atoms with E-state index in [1.165, 1.54) is 0 Å². The quantitative estimate of drug-likeness (QED) is 0.824. The number of likely N-dealkylation sites (tertiary alicyclic amines) is 1. The van der Waals surface area contributed by atoms with Gasteiger partial charge in [-0.3, -0.25) is 14.6 Å². The molecule has 1 aromatic heterocycles. The highest BCUT2D eigenvalue weighted by molar-refractivity contribution is 5.95. The second-order valence-corrected chi connectivity index (χ2v) is 6.93. The van der Waals surface area contributed by atoms with Crippen molar-refractivity contribution in [3.8, 4) is 0 Å².